The number of rotatable bonds is 4. The van der Waals surface area contributed by atoms with Crippen molar-refractivity contribution in [2.45, 2.75) is 19.0 Å². The Morgan fingerprint density at radius 3 is 2.94 bits per heavy atom. The van der Waals surface area contributed by atoms with Crippen molar-refractivity contribution < 1.29 is 4.92 Å². The Balaban J connectivity index is 0.00000162. The number of benzene rings is 1. The molecule has 0 saturated carbocycles. The van der Waals surface area contributed by atoms with E-state index in [1.165, 1.54) is 6.07 Å². The van der Waals surface area contributed by atoms with Gasteiger partial charge in [0.05, 0.1) is 4.92 Å². The highest BCUT2D eigenvalue weighted by atomic mass is 35.5. The Morgan fingerprint density at radius 2 is 2.33 bits per heavy atom. The SMILES string of the molecule is CNC1CCN(Cc2cccc([N+](=O)[O-])c2)C1.Cl. The van der Waals surface area contributed by atoms with Gasteiger partial charge >= 0.3 is 0 Å². The van der Waals surface area contributed by atoms with E-state index in [9.17, 15) is 10.1 Å². The molecule has 1 atom stereocenters. The molecule has 1 unspecified atom stereocenters. The summed E-state index contributed by atoms with van der Waals surface area (Å²) in [7, 11) is 1.97. The number of nitrogens with zero attached hydrogens (tertiary/aromatic N) is 2. The first kappa shape index (κ1) is 14.9. The summed E-state index contributed by atoms with van der Waals surface area (Å²) in [5.74, 6) is 0. The molecule has 1 saturated heterocycles. The maximum absolute atomic E-state index is 10.7. The molecule has 1 aliphatic heterocycles. The highest BCUT2D eigenvalue weighted by Gasteiger charge is 2.21. The van der Waals surface area contributed by atoms with E-state index in [1.54, 1.807) is 12.1 Å². The zero-order valence-corrected chi connectivity index (χ0v) is 11.2. The summed E-state index contributed by atoms with van der Waals surface area (Å²) in [6.07, 6.45) is 1.14. The second-order valence-corrected chi connectivity index (χ2v) is 4.44. The molecule has 0 aliphatic carbocycles. The molecule has 0 radical (unpaired) electrons. The molecule has 6 heteroatoms. The van der Waals surface area contributed by atoms with E-state index >= 15 is 0 Å². The molecular weight excluding hydrogens is 254 g/mol. The molecule has 2 rings (SSSR count). The van der Waals surface area contributed by atoms with Crippen LogP contribution in [-0.2, 0) is 6.54 Å². The van der Waals surface area contributed by atoms with Crippen LogP contribution in [0.15, 0.2) is 24.3 Å². The molecule has 1 aromatic rings. The molecule has 0 bridgehead atoms. The molecular formula is C12H18ClN3O2. The van der Waals surface area contributed by atoms with E-state index in [-0.39, 0.29) is 23.0 Å². The lowest BCUT2D eigenvalue weighted by atomic mass is 10.2. The lowest BCUT2D eigenvalue weighted by Gasteiger charge is -2.15. The lowest BCUT2D eigenvalue weighted by Crippen LogP contribution is -2.29. The predicted octanol–water partition coefficient (Wildman–Crippen LogP) is 1.81. The van der Waals surface area contributed by atoms with Gasteiger partial charge in [-0.15, -0.1) is 12.4 Å². The fourth-order valence-corrected chi connectivity index (χ4v) is 2.24. The summed E-state index contributed by atoms with van der Waals surface area (Å²) in [5, 5.41) is 13.9. The minimum atomic E-state index is -0.343. The van der Waals surface area contributed by atoms with Gasteiger partial charge in [0.1, 0.15) is 0 Å². The zero-order valence-electron chi connectivity index (χ0n) is 10.3. The smallest absolute Gasteiger partial charge is 0.269 e. The third-order valence-electron chi connectivity index (χ3n) is 3.21. The van der Waals surface area contributed by atoms with Gasteiger partial charge in [-0.1, -0.05) is 12.1 Å². The standard InChI is InChI=1S/C12H17N3O2.ClH/c1-13-11-5-6-14(9-11)8-10-3-2-4-12(7-10)15(16)17;/h2-4,7,11,13H,5-6,8-9H2,1H3;1H. The minimum Gasteiger partial charge on any atom is -0.316 e. The molecule has 1 aromatic carbocycles. The van der Waals surface area contributed by atoms with Gasteiger partial charge < -0.3 is 5.32 Å². The minimum absolute atomic E-state index is 0. The summed E-state index contributed by atoms with van der Waals surface area (Å²) >= 11 is 0. The number of halogens is 1. The first-order chi connectivity index (χ1) is 8.19. The van der Waals surface area contributed by atoms with Crippen LogP contribution in [0.3, 0.4) is 0 Å². The zero-order chi connectivity index (χ0) is 12.3. The fraction of sp³-hybridized carbons (Fsp3) is 0.500. The number of non-ortho nitro benzene ring substituents is 1. The largest absolute Gasteiger partial charge is 0.316 e. The Morgan fingerprint density at radius 1 is 1.56 bits per heavy atom. The number of likely N-dealkylation sites (tertiary alicyclic amines) is 1. The van der Waals surface area contributed by atoms with E-state index in [0.29, 0.717) is 6.04 Å². The quantitative estimate of drug-likeness (QED) is 0.670. The van der Waals surface area contributed by atoms with E-state index in [0.717, 1.165) is 31.6 Å². The Bertz CT molecular complexity index is 414. The second kappa shape index (κ2) is 6.68. The molecule has 1 fully saturated rings. The van der Waals surface area contributed by atoms with Crippen LogP contribution < -0.4 is 5.32 Å². The van der Waals surface area contributed by atoms with E-state index < -0.39 is 0 Å². The summed E-state index contributed by atoms with van der Waals surface area (Å²) in [4.78, 5) is 12.6. The molecule has 1 heterocycles. The normalized spacial score (nSPS) is 19.5. The van der Waals surface area contributed by atoms with Crippen molar-refractivity contribution >= 4 is 18.1 Å². The van der Waals surface area contributed by atoms with Crippen LogP contribution in [-0.4, -0.2) is 36.0 Å². The van der Waals surface area contributed by atoms with Gasteiger partial charge in [-0.05, 0) is 19.0 Å². The first-order valence-corrected chi connectivity index (χ1v) is 5.82. The van der Waals surface area contributed by atoms with Crippen molar-refractivity contribution in [2.75, 3.05) is 20.1 Å². The Hall–Kier alpha value is -1.17. The van der Waals surface area contributed by atoms with Gasteiger partial charge in [0, 0.05) is 37.8 Å². The third-order valence-corrected chi connectivity index (χ3v) is 3.21. The van der Waals surface area contributed by atoms with Crippen molar-refractivity contribution in [3.63, 3.8) is 0 Å². The fourth-order valence-electron chi connectivity index (χ4n) is 2.24. The summed E-state index contributed by atoms with van der Waals surface area (Å²) in [6.45, 7) is 2.85. The van der Waals surface area contributed by atoms with Crippen LogP contribution in [0.1, 0.15) is 12.0 Å². The van der Waals surface area contributed by atoms with Crippen LogP contribution in [0.4, 0.5) is 5.69 Å². The van der Waals surface area contributed by atoms with Crippen molar-refractivity contribution in [2.24, 2.45) is 0 Å². The van der Waals surface area contributed by atoms with E-state index in [2.05, 4.69) is 10.2 Å². The molecule has 5 nitrogen and oxygen atoms in total. The average Bonchev–Trinajstić information content (AvgIpc) is 2.77. The molecule has 0 spiro atoms. The van der Waals surface area contributed by atoms with Crippen LogP contribution in [0.25, 0.3) is 0 Å². The molecule has 1 aliphatic rings. The molecule has 0 aromatic heterocycles. The maximum Gasteiger partial charge on any atom is 0.269 e. The monoisotopic (exact) mass is 271 g/mol. The average molecular weight is 272 g/mol. The molecule has 0 amide bonds. The lowest BCUT2D eigenvalue weighted by molar-refractivity contribution is -0.384. The third kappa shape index (κ3) is 3.66. The predicted molar refractivity (Wildman–Crippen MR) is 73.1 cm³/mol. The highest BCUT2D eigenvalue weighted by Crippen LogP contribution is 2.17. The second-order valence-electron chi connectivity index (χ2n) is 4.44. The van der Waals surface area contributed by atoms with Crippen molar-refractivity contribution in [3.8, 4) is 0 Å². The molecule has 18 heavy (non-hydrogen) atoms. The number of nitro benzene ring substituents is 1. The van der Waals surface area contributed by atoms with Crippen molar-refractivity contribution in [3.05, 3.63) is 39.9 Å². The maximum atomic E-state index is 10.7. The summed E-state index contributed by atoms with van der Waals surface area (Å²) in [5.41, 5.74) is 1.18. The van der Waals surface area contributed by atoms with Crippen LogP contribution >= 0.6 is 12.4 Å². The number of hydrogen-bond donors (Lipinski definition) is 1. The number of hydrogen-bond acceptors (Lipinski definition) is 4. The van der Waals surface area contributed by atoms with Gasteiger partial charge in [-0.2, -0.15) is 0 Å². The number of nitro groups is 1. The van der Waals surface area contributed by atoms with Crippen molar-refractivity contribution in [1.82, 2.24) is 10.2 Å². The Kier molecular flexibility index (Phi) is 5.53. The van der Waals surface area contributed by atoms with Crippen LogP contribution in [0.5, 0.6) is 0 Å². The summed E-state index contributed by atoms with van der Waals surface area (Å²) in [6, 6.07) is 7.43. The molecule has 100 valence electrons. The van der Waals surface area contributed by atoms with Crippen LogP contribution in [0.2, 0.25) is 0 Å². The number of likely N-dealkylation sites (N-methyl/N-ethyl adjacent to an activating group) is 1. The molecule has 1 N–H and O–H groups in total. The van der Waals surface area contributed by atoms with Crippen LogP contribution in [0, 0.1) is 10.1 Å². The van der Waals surface area contributed by atoms with E-state index in [4.69, 9.17) is 0 Å². The highest BCUT2D eigenvalue weighted by molar-refractivity contribution is 5.85. The van der Waals surface area contributed by atoms with Gasteiger partial charge in [-0.25, -0.2) is 0 Å². The topological polar surface area (TPSA) is 58.4 Å². The van der Waals surface area contributed by atoms with Gasteiger partial charge in [-0.3, -0.25) is 15.0 Å². The van der Waals surface area contributed by atoms with Gasteiger partial charge in [0.2, 0.25) is 0 Å². The van der Waals surface area contributed by atoms with Gasteiger partial charge in [0.15, 0.2) is 0 Å². The Labute approximate surface area is 113 Å². The number of nitrogens with one attached hydrogen (secondary N) is 1. The van der Waals surface area contributed by atoms with E-state index in [1.807, 2.05) is 13.1 Å². The van der Waals surface area contributed by atoms with Crippen molar-refractivity contribution in [1.29, 1.82) is 0 Å². The first-order valence-electron chi connectivity index (χ1n) is 5.82. The summed E-state index contributed by atoms with van der Waals surface area (Å²) < 4.78 is 0. The van der Waals surface area contributed by atoms with Gasteiger partial charge in [0.25, 0.3) is 5.69 Å².